The Bertz CT molecular complexity index is 681. The van der Waals surface area contributed by atoms with Gasteiger partial charge in [0, 0.05) is 10.2 Å². The summed E-state index contributed by atoms with van der Waals surface area (Å²) < 4.78 is 5.94. The molecule has 3 N–H and O–H groups in total. The lowest BCUT2D eigenvalue weighted by atomic mass is 10.2. The molecule has 1 aromatic heterocycles. The van der Waals surface area contributed by atoms with Crippen LogP contribution in [0.25, 0.3) is 0 Å². The molecule has 0 bridgehead atoms. The van der Waals surface area contributed by atoms with Crippen molar-refractivity contribution in [2.24, 2.45) is 0 Å². The van der Waals surface area contributed by atoms with Crippen molar-refractivity contribution in [3.05, 3.63) is 51.9 Å². The minimum absolute atomic E-state index is 0.103. The summed E-state index contributed by atoms with van der Waals surface area (Å²) in [6.45, 7) is 1.98. The Balaban J connectivity index is 1.92. The summed E-state index contributed by atoms with van der Waals surface area (Å²) in [5, 5.41) is 14.0. The highest BCUT2D eigenvalue weighted by Crippen LogP contribution is 2.23. The van der Waals surface area contributed by atoms with Gasteiger partial charge in [0.2, 0.25) is 5.76 Å². The van der Waals surface area contributed by atoms with Crippen molar-refractivity contribution >= 4 is 33.6 Å². The van der Waals surface area contributed by atoms with E-state index in [1.54, 1.807) is 6.07 Å². The fourth-order valence-corrected chi connectivity index (χ4v) is 2.03. The van der Waals surface area contributed by atoms with Gasteiger partial charge in [-0.1, -0.05) is 22.0 Å². The highest BCUT2D eigenvalue weighted by Gasteiger charge is 2.10. The van der Waals surface area contributed by atoms with E-state index in [9.17, 15) is 9.59 Å². The Hall–Kier alpha value is -2.28. The zero-order chi connectivity index (χ0) is 15.4. The van der Waals surface area contributed by atoms with Gasteiger partial charge in [0.1, 0.15) is 5.76 Å². The summed E-state index contributed by atoms with van der Waals surface area (Å²) in [6, 6.07) is 7.94. The number of nitrogens with one attached hydrogen (secondary N) is 2. The third-order valence-electron chi connectivity index (χ3n) is 2.81. The van der Waals surface area contributed by atoms with Crippen LogP contribution < -0.4 is 10.6 Å². The largest absolute Gasteiger partial charge is 0.475 e. The van der Waals surface area contributed by atoms with Crippen LogP contribution in [0, 0.1) is 6.92 Å². The summed E-state index contributed by atoms with van der Waals surface area (Å²) >= 11 is 3.39. The van der Waals surface area contributed by atoms with Gasteiger partial charge in [0.05, 0.1) is 6.54 Å². The molecule has 0 atom stereocenters. The van der Waals surface area contributed by atoms with E-state index in [1.165, 1.54) is 12.1 Å². The van der Waals surface area contributed by atoms with E-state index in [2.05, 4.69) is 26.6 Å². The third kappa shape index (κ3) is 3.85. The van der Waals surface area contributed by atoms with Crippen molar-refractivity contribution in [1.82, 2.24) is 5.32 Å². The number of amides is 2. The fourth-order valence-electron chi connectivity index (χ4n) is 1.66. The highest BCUT2D eigenvalue weighted by atomic mass is 79.9. The lowest BCUT2D eigenvalue weighted by Crippen LogP contribution is -2.28. The molecule has 0 unspecified atom stereocenters. The van der Waals surface area contributed by atoms with Crippen LogP contribution in [0.1, 0.15) is 21.9 Å². The highest BCUT2D eigenvalue weighted by molar-refractivity contribution is 9.10. The number of carboxylic acid groups (broad SMARTS) is 1. The number of anilines is 1. The standard InChI is InChI=1S/C14H13BrN2O4/c1-8-10(15)3-2-4-11(8)17-14(20)16-7-9-5-6-12(21-9)13(18)19/h2-6H,7H2,1H3,(H,18,19)(H2,16,17,20). The molecule has 6 nitrogen and oxygen atoms in total. The molecule has 2 aromatic rings. The van der Waals surface area contributed by atoms with Crippen molar-refractivity contribution in [1.29, 1.82) is 0 Å². The molecular weight excluding hydrogens is 340 g/mol. The van der Waals surface area contributed by atoms with Crippen LogP contribution in [-0.4, -0.2) is 17.1 Å². The number of carbonyl (C=O) groups is 2. The number of carboxylic acids is 1. The molecule has 2 rings (SSSR count). The fraction of sp³-hybridized carbons (Fsp3) is 0.143. The SMILES string of the molecule is Cc1c(Br)cccc1NC(=O)NCc1ccc(C(=O)O)o1. The maximum absolute atomic E-state index is 11.8. The molecule has 0 saturated heterocycles. The summed E-state index contributed by atoms with van der Waals surface area (Å²) in [7, 11) is 0. The maximum atomic E-state index is 11.8. The number of aromatic carboxylic acids is 1. The molecule has 1 aromatic carbocycles. The van der Waals surface area contributed by atoms with Crippen LogP contribution in [0.15, 0.2) is 39.2 Å². The van der Waals surface area contributed by atoms with E-state index < -0.39 is 12.0 Å². The van der Waals surface area contributed by atoms with Gasteiger partial charge in [0.15, 0.2) is 0 Å². The van der Waals surface area contributed by atoms with Gasteiger partial charge in [0.25, 0.3) is 0 Å². The van der Waals surface area contributed by atoms with E-state index in [0.717, 1.165) is 10.0 Å². The molecule has 0 fully saturated rings. The molecule has 0 aliphatic carbocycles. The van der Waals surface area contributed by atoms with Crippen molar-refractivity contribution in [2.75, 3.05) is 5.32 Å². The second kappa shape index (κ2) is 6.45. The van der Waals surface area contributed by atoms with Crippen molar-refractivity contribution in [2.45, 2.75) is 13.5 Å². The number of rotatable bonds is 4. The molecule has 1 heterocycles. The second-order valence-corrected chi connectivity index (χ2v) is 5.15. The smallest absolute Gasteiger partial charge is 0.371 e. The number of furan rings is 1. The molecule has 21 heavy (non-hydrogen) atoms. The van der Waals surface area contributed by atoms with E-state index in [1.807, 2.05) is 19.1 Å². The molecule has 0 aliphatic heterocycles. The van der Waals surface area contributed by atoms with Crippen LogP contribution in [0.4, 0.5) is 10.5 Å². The molecule has 0 spiro atoms. The second-order valence-electron chi connectivity index (χ2n) is 4.29. The first-order chi connectivity index (χ1) is 9.97. The van der Waals surface area contributed by atoms with E-state index in [-0.39, 0.29) is 12.3 Å². The monoisotopic (exact) mass is 352 g/mol. The molecule has 110 valence electrons. The summed E-state index contributed by atoms with van der Waals surface area (Å²) in [4.78, 5) is 22.5. The Labute approximate surface area is 129 Å². The van der Waals surface area contributed by atoms with Crippen molar-refractivity contribution in [3.63, 3.8) is 0 Å². The average molecular weight is 353 g/mol. The number of hydrogen-bond donors (Lipinski definition) is 3. The number of hydrogen-bond acceptors (Lipinski definition) is 3. The Morgan fingerprint density at radius 2 is 2.05 bits per heavy atom. The van der Waals surface area contributed by atoms with E-state index in [0.29, 0.717) is 11.4 Å². The summed E-state index contributed by atoms with van der Waals surface area (Å²) in [6.07, 6.45) is 0. The first-order valence-electron chi connectivity index (χ1n) is 6.09. The molecule has 0 saturated carbocycles. The zero-order valence-electron chi connectivity index (χ0n) is 11.1. The van der Waals surface area contributed by atoms with Crippen LogP contribution in [0.2, 0.25) is 0 Å². The lowest BCUT2D eigenvalue weighted by Gasteiger charge is -2.10. The van der Waals surface area contributed by atoms with Gasteiger partial charge in [-0.25, -0.2) is 9.59 Å². The first-order valence-corrected chi connectivity index (χ1v) is 6.88. The lowest BCUT2D eigenvalue weighted by molar-refractivity contribution is 0.0660. The Kier molecular flexibility index (Phi) is 4.64. The average Bonchev–Trinajstić information content (AvgIpc) is 2.91. The summed E-state index contributed by atoms with van der Waals surface area (Å²) in [5.74, 6) is -0.931. The number of carbonyl (C=O) groups excluding carboxylic acids is 1. The van der Waals surface area contributed by atoms with Gasteiger partial charge < -0.3 is 20.2 Å². The van der Waals surface area contributed by atoms with Crippen LogP contribution in [0.5, 0.6) is 0 Å². The summed E-state index contributed by atoms with van der Waals surface area (Å²) in [5.41, 5.74) is 1.60. The van der Waals surface area contributed by atoms with Gasteiger partial charge >= 0.3 is 12.0 Å². The van der Waals surface area contributed by atoms with Crippen LogP contribution in [-0.2, 0) is 6.54 Å². The number of urea groups is 1. The first kappa shape index (κ1) is 15.1. The minimum atomic E-state index is -1.14. The number of halogens is 1. The van der Waals surface area contributed by atoms with E-state index in [4.69, 9.17) is 9.52 Å². The molecule has 7 heteroatoms. The Morgan fingerprint density at radius 3 is 2.71 bits per heavy atom. The molecule has 0 aliphatic rings. The molecular formula is C14H13BrN2O4. The quantitative estimate of drug-likeness (QED) is 0.786. The zero-order valence-corrected chi connectivity index (χ0v) is 12.7. The van der Waals surface area contributed by atoms with Gasteiger partial charge in [-0.05, 0) is 36.8 Å². The van der Waals surface area contributed by atoms with Gasteiger partial charge in [-0.3, -0.25) is 0 Å². The molecule has 2 amide bonds. The van der Waals surface area contributed by atoms with Crippen molar-refractivity contribution in [3.8, 4) is 0 Å². The van der Waals surface area contributed by atoms with Gasteiger partial charge in [-0.15, -0.1) is 0 Å². The normalized spacial score (nSPS) is 10.2. The molecule has 0 radical (unpaired) electrons. The maximum Gasteiger partial charge on any atom is 0.371 e. The van der Waals surface area contributed by atoms with Crippen LogP contribution in [0.3, 0.4) is 0 Å². The minimum Gasteiger partial charge on any atom is -0.475 e. The Morgan fingerprint density at radius 1 is 1.29 bits per heavy atom. The van der Waals surface area contributed by atoms with Crippen molar-refractivity contribution < 1.29 is 19.1 Å². The third-order valence-corrected chi connectivity index (χ3v) is 3.67. The number of benzene rings is 1. The predicted molar refractivity (Wildman–Crippen MR) is 80.4 cm³/mol. The van der Waals surface area contributed by atoms with Gasteiger partial charge in [-0.2, -0.15) is 0 Å². The van der Waals surface area contributed by atoms with Crippen LogP contribution >= 0.6 is 15.9 Å². The topological polar surface area (TPSA) is 91.6 Å². The predicted octanol–water partition coefficient (Wildman–Crippen LogP) is 3.37. The van der Waals surface area contributed by atoms with E-state index >= 15 is 0 Å².